The molecule has 2 N–H and O–H groups in total. The van der Waals surface area contributed by atoms with Crippen LogP contribution in [0.3, 0.4) is 0 Å². The SMILES string of the molecule is CN(C)C(=O)C(CBr)CBr.CNC.O=C(O)C(CBr)CBr.O=S(=O)(Cl)Cl. The number of hydrogen-bond acceptors (Lipinski definition) is 5. The van der Waals surface area contributed by atoms with E-state index in [2.05, 4.69) is 90.4 Å². The molecule has 1 amide bonds. The van der Waals surface area contributed by atoms with Crippen LogP contribution < -0.4 is 5.32 Å². The summed E-state index contributed by atoms with van der Waals surface area (Å²) in [5, 5.41) is 13.5. The molecule has 0 bridgehead atoms. The summed E-state index contributed by atoms with van der Waals surface area (Å²) < 4.78 is 18.3. The minimum absolute atomic E-state index is 0.0648. The number of carboxylic acid groups (broad SMARTS) is 1. The second-order valence-corrected chi connectivity index (χ2v) is 10.7. The number of halogens is 6. The van der Waals surface area contributed by atoms with Crippen molar-refractivity contribution in [1.82, 2.24) is 10.2 Å². The fourth-order valence-corrected chi connectivity index (χ4v) is 3.96. The summed E-state index contributed by atoms with van der Waals surface area (Å²) in [7, 11) is 12.1. The van der Waals surface area contributed by atoms with Crippen molar-refractivity contribution in [2.45, 2.75) is 0 Å². The summed E-state index contributed by atoms with van der Waals surface area (Å²) in [6.07, 6.45) is 0. The maximum Gasteiger partial charge on any atom is 0.317 e. The standard InChI is InChI=1S/C6H11Br2NO.C4H6Br2O2.C2H7N.Cl2O2S/c1-9(2)6(10)5(3-7)4-8;5-1-3(2-6)4(7)8;1-3-2;1-5(2,3)4/h5H,3-4H2,1-2H3;3H,1-2H2,(H,7,8);3H,1-2H3;. The molecule has 26 heavy (non-hydrogen) atoms. The number of carbonyl (C=O) groups is 2. The minimum Gasteiger partial charge on any atom is -0.481 e. The van der Waals surface area contributed by atoms with Crippen LogP contribution in [0.4, 0.5) is 0 Å². The van der Waals surface area contributed by atoms with Crippen molar-refractivity contribution in [3.8, 4) is 0 Å². The lowest BCUT2D eigenvalue weighted by atomic mass is 10.2. The lowest BCUT2D eigenvalue weighted by Crippen LogP contribution is -2.31. The number of hydrogen-bond donors (Lipinski definition) is 2. The summed E-state index contributed by atoms with van der Waals surface area (Å²) in [5.41, 5.74) is 0. The van der Waals surface area contributed by atoms with Crippen molar-refractivity contribution >= 4 is 105 Å². The van der Waals surface area contributed by atoms with E-state index in [0.717, 1.165) is 10.7 Å². The Bertz CT molecular complexity index is 443. The Balaban J connectivity index is -0.000000135. The van der Waals surface area contributed by atoms with Crippen LogP contribution in [0.5, 0.6) is 0 Å². The number of nitrogens with zero attached hydrogens (tertiary/aromatic N) is 1. The number of rotatable bonds is 6. The van der Waals surface area contributed by atoms with E-state index in [9.17, 15) is 9.59 Å². The van der Waals surface area contributed by atoms with Crippen molar-refractivity contribution in [3.05, 3.63) is 0 Å². The van der Waals surface area contributed by atoms with E-state index >= 15 is 0 Å². The first kappa shape index (κ1) is 34.8. The van der Waals surface area contributed by atoms with Crippen LogP contribution >= 0.6 is 85.1 Å². The van der Waals surface area contributed by atoms with Crippen LogP contribution in [0.1, 0.15) is 0 Å². The molecular weight excluding hydrogens is 675 g/mol. The molecule has 0 aromatic heterocycles. The topological polar surface area (TPSA) is 104 Å². The van der Waals surface area contributed by atoms with Crippen molar-refractivity contribution in [2.75, 3.05) is 49.5 Å². The van der Waals surface area contributed by atoms with E-state index in [1.165, 1.54) is 0 Å². The summed E-state index contributed by atoms with van der Waals surface area (Å²) in [6, 6.07) is 0. The quantitative estimate of drug-likeness (QED) is 0.326. The zero-order valence-corrected chi connectivity index (χ0v) is 23.4. The summed E-state index contributed by atoms with van der Waals surface area (Å²) in [4.78, 5) is 22.9. The number of carboxylic acids is 1. The normalized spacial score (nSPS) is 9.85. The molecule has 0 rings (SSSR count). The zero-order chi connectivity index (χ0) is 21.9. The molecule has 0 saturated carbocycles. The second kappa shape index (κ2) is 22.6. The third kappa shape index (κ3) is 33.0. The van der Waals surface area contributed by atoms with Crippen LogP contribution in [0.15, 0.2) is 0 Å². The Morgan fingerprint density at radius 3 is 1.23 bits per heavy atom. The smallest absolute Gasteiger partial charge is 0.317 e. The Morgan fingerprint density at radius 2 is 1.19 bits per heavy atom. The highest BCUT2D eigenvalue weighted by Gasteiger charge is 2.16. The maximum atomic E-state index is 11.2. The molecule has 0 radical (unpaired) electrons. The first-order valence-electron chi connectivity index (χ1n) is 6.67. The lowest BCUT2D eigenvalue weighted by molar-refractivity contribution is -0.140. The first-order chi connectivity index (χ1) is 11.8. The molecule has 14 heteroatoms. The van der Waals surface area contributed by atoms with Gasteiger partial charge in [0.05, 0.1) is 11.8 Å². The molecule has 0 aromatic carbocycles. The number of carbonyl (C=O) groups excluding carboxylic acids is 1. The maximum absolute atomic E-state index is 11.2. The zero-order valence-electron chi connectivity index (χ0n) is 14.7. The van der Waals surface area contributed by atoms with Gasteiger partial charge < -0.3 is 15.3 Å². The van der Waals surface area contributed by atoms with Crippen LogP contribution in [-0.4, -0.2) is 79.8 Å². The van der Waals surface area contributed by atoms with Gasteiger partial charge in [0.25, 0.3) is 0 Å². The van der Waals surface area contributed by atoms with E-state index in [-0.39, 0.29) is 17.7 Å². The van der Waals surface area contributed by atoms with Gasteiger partial charge in [0.15, 0.2) is 0 Å². The Labute approximate surface area is 198 Å². The molecule has 0 aliphatic rings. The Morgan fingerprint density at radius 1 is 0.962 bits per heavy atom. The summed E-state index contributed by atoms with van der Waals surface area (Å²) >= 11 is 12.7. The number of amides is 1. The molecule has 0 spiro atoms. The lowest BCUT2D eigenvalue weighted by Gasteiger charge is -2.15. The second-order valence-electron chi connectivity index (χ2n) is 4.46. The van der Waals surface area contributed by atoms with Gasteiger partial charge in [-0.25, -0.2) is 0 Å². The van der Waals surface area contributed by atoms with E-state index < -0.39 is 14.2 Å². The number of alkyl halides is 4. The van der Waals surface area contributed by atoms with Gasteiger partial charge in [-0.1, -0.05) is 63.7 Å². The summed E-state index contributed by atoms with van der Waals surface area (Å²) in [6.45, 7) is 0. The summed E-state index contributed by atoms with van der Waals surface area (Å²) in [5.74, 6) is -0.836. The average Bonchev–Trinajstić information content (AvgIpc) is 2.49. The Kier molecular flexibility index (Phi) is 30.3. The van der Waals surface area contributed by atoms with Gasteiger partial charge in [-0.05, 0) is 14.1 Å². The number of nitrogens with one attached hydrogen (secondary N) is 1. The molecule has 0 aliphatic heterocycles. The molecule has 0 saturated heterocycles. The first-order valence-corrected chi connectivity index (χ1v) is 14.3. The molecule has 160 valence electrons. The van der Waals surface area contributed by atoms with Gasteiger partial charge in [-0.15, -0.1) is 0 Å². The van der Waals surface area contributed by atoms with Gasteiger partial charge in [0.2, 0.25) is 5.91 Å². The fourth-order valence-electron chi connectivity index (χ4n) is 0.712. The van der Waals surface area contributed by atoms with Crippen LogP contribution in [0.25, 0.3) is 0 Å². The minimum atomic E-state index is -3.72. The van der Waals surface area contributed by atoms with E-state index in [1.807, 2.05) is 14.1 Å². The highest BCUT2D eigenvalue weighted by Crippen LogP contribution is 2.07. The van der Waals surface area contributed by atoms with Gasteiger partial charge in [0, 0.05) is 56.8 Å². The molecule has 0 unspecified atom stereocenters. The van der Waals surface area contributed by atoms with E-state index in [4.69, 9.17) is 13.5 Å². The Hall–Kier alpha value is 1.35. The van der Waals surface area contributed by atoms with Crippen molar-refractivity contribution < 1.29 is 23.1 Å². The van der Waals surface area contributed by atoms with Crippen LogP contribution in [-0.2, 0) is 17.9 Å². The van der Waals surface area contributed by atoms with Crippen molar-refractivity contribution in [3.63, 3.8) is 0 Å². The van der Waals surface area contributed by atoms with Gasteiger partial charge in [-0.2, -0.15) is 8.42 Å². The highest BCUT2D eigenvalue weighted by atomic mass is 79.9. The third-order valence-corrected chi connectivity index (χ3v) is 5.01. The molecule has 0 aliphatic carbocycles. The van der Waals surface area contributed by atoms with Crippen molar-refractivity contribution in [1.29, 1.82) is 0 Å². The highest BCUT2D eigenvalue weighted by molar-refractivity contribution is 9.10. The molecule has 0 atom stereocenters. The van der Waals surface area contributed by atoms with E-state index in [1.54, 1.807) is 19.0 Å². The molecule has 0 fully saturated rings. The third-order valence-electron chi connectivity index (χ3n) is 1.88. The molecule has 0 aromatic rings. The fraction of sp³-hybridized carbons (Fsp3) is 0.833. The average molecular weight is 699 g/mol. The number of aliphatic carboxylic acids is 1. The van der Waals surface area contributed by atoms with Crippen LogP contribution in [0.2, 0.25) is 0 Å². The predicted molar refractivity (Wildman–Crippen MR) is 124 cm³/mol. The molecular formula is C12H24Br4Cl2N2O5S. The van der Waals surface area contributed by atoms with Crippen molar-refractivity contribution in [2.24, 2.45) is 11.8 Å². The van der Waals surface area contributed by atoms with E-state index in [0.29, 0.717) is 10.7 Å². The van der Waals surface area contributed by atoms with Gasteiger partial charge in [0.1, 0.15) is 0 Å². The van der Waals surface area contributed by atoms with Gasteiger partial charge in [-0.3, -0.25) is 9.59 Å². The predicted octanol–water partition coefficient (Wildman–Crippen LogP) is 3.50. The molecule has 0 heterocycles. The monoisotopic (exact) mass is 694 g/mol. The van der Waals surface area contributed by atoms with Crippen LogP contribution in [0, 0.1) is 11.8 Å². The van der Waals surface area contributed by atoms with Gasteiger partial charge >= 0.3 is 14.2 Å². The molecule has 7 nitrogen and oxygen atoms in total. The largest absolute Gasteiger partial charge is 0.481 e.